The molecule has 0 saturated heterocycles. The number of nitrogens with zero attached hydrogens (tertiary/aromatic N) is 3. The second-order valence-electron chi connectivity index (χ2n) is 4.11. The molecule has 1 aromatic carbocycles. The molecule has 5 nitrogen and oxygen atoms in total. The molecule has 0 aromatic heterocycles. The Morgan fingerprint density at radius 3 is 2.45 bits per heavy atom. The Labute approximate surface area is 123 Å². The molecule has 6 heteroatoms. The molecule has 0 amide bonds. The number of thiocarbonyl (C=S) groups is 1. The van der Waals surface area contributed by atoms with Gasteiger partial charge in [-0.15, -0.1) is 0 Å². The van der Waals surface area contributed by atoms with Crippen molar-refractivity contribution in [3.63, 3.8) is 0 Å². The lowest BCUT2D eigenvalue weighted by molar-refractivity contribution is -0.105. The van der Waals surface area contributed by atoms with Gasteiger partial charge < -0.3 is 10.2 Å². The van der Waals surface area contributed by atoms with Crippen molar-refractivity contribution >= 4 is 54.5 Å². The second-order valence-corrected chi connectivity index (χ2v) is 4.49. The molecule has 1 aromatic rings. The van der Waals surface area contributed by atoms with Crippen LogP contribution < -0.4 is 5.32 Å². The van der Waals surface area contributed by atoms with Crippen LogP contribution in [0, 0.1) is 0 Å². The molecule has 0 spiro atoms. The molecule has 0 atom stereocenters. The molecule has 0 saturated carbocycles. The van der Waals surface area contributed by atoms with Gasteiger partial charge in [0.05, 0.1) is 17.1 Å². The Kier molecular flexibility index (Phi) is 5.74. The van der Waals surface area contributed by atoms with Crippen molar-refractivity contribution in [1.82, 2.24) is 10.2 Å². The fraction of sp³-hybridized carbons (Fsp3) is 0.143. The Hall–Kier alpha value is -2.34. The minimum atomic E-state index is 0.359. The average Bonchev–Trinajstić information content (AvgIpc) is 2.45. The van der Waals surface area contributed by atoms with Crippen molar-refractivity contribution in [3.05, 3.63) is 29.5 Å². The summed E-state index contributed by atoms with van der Waals surface area (Å²) >= 11 is 5.09. The van der Waals surface area contributed by atoms with Gasteiger partial charge in [0.1, 0.15) is 0 Å². The molecular formula is C14H16N4OS. The molecule has 20 heavy (non-hydrogen) atoms. The molecular weight excluding hydrogens is 272 g/mol. The van der Waals surface area contributed by atoms with Gasteiger partial charge in [-0.25, -0.2) is 0 Å². The van der Waals surface area contributed by atoms with Crippen LogP contribution in [-0.2, 0) is 4.79 Å². The number of carbonyl (C=O) groups excluding carboxylic acids is 1. The SMILES string of the molecule is C=Nc1ccc(/C=C(/C=O)NC(=S)N(C)C)cc1N=C. The van der Waals surface area contributed by atoms with E-state index >= 15 is 0 Å². The number of benzene rings is 1. The molecule has 0 aliphatic carbocycles. The molecule has 0 heterocycles. The fourth-order valence-corrected chi connectivity index (χ4v) is 1.52. The van der Waals surface area contributed by atoms with Crippen molar-refractivity contribution in [1.29, 1.82) is 0 Å². The molecule has 0 unspecified atom stereocenters. The largest absolute Gasteiger partial charge is 0.355 e. The Bertz CT molecular complexity index is 579. The van der Waals surface area contributed by atoms with Crippen molar-refractivity contribution in [2.75, 3.05) is 14.1 Å². The quantitative estimate of drug-likeness (QED) is 0.391. The van der Waals surface area contributed by atoms with Gasteiger partial charge in [0, 0.05) is 14.1 Å². The second kappa shape index (κ2) is 7.30. The molecule has 0 radical (unpaired) electrons. The minimum Gasteiger partial charge on any atom is -0.355 e. The third-order valence-corrected chi connectivity index (χ3v) is 2.91. The first-order valence-corrected chi connectivity index (χ1v) is 6.15. The Morgan fingerprint density at radius 2 is 1.95 bits per heavy atom. The number of hydrogen-bond donors (Lipinski definition) is 1. The average molecular weight is 288 g/mol. The highest BCUT2D eigenvalue weighted by atomic mass is 32.1. The molecule has 1 rings (SSSR count). The minimum absolute atomic E-state index is 0.359. The molecule has 104 valence electrons. The van der Waals surface area contributed by atoms with Crippen LogP contribution in [0.2, 0.25) is 0 Å². The van der Waals surface area contributed by atoms with Gasteiger partial charge in [-0.05, 0) is 49.4 Å². The van der Waals surface area contributed by atoms with Gasteiger partial charge in [-0.2, -0.15) is 0 Å². The number of allylic oxidation sites excluding steroid dienone is 1. The first-order chi connectivity index (χ1) is 9.51. The molecule has 0 aliphatic heterocycles. The van der Waals surface area contributed by atoms with E-state index in [0.717, 1.165) is 5.56 Å². The Balaban J connectivity index is 3.07. The van der Waals surface area contributed by atoms with E-state index in [2.05, 4.69) is 28.7 Å². The number of rotatable bonds is 5. The van der Waals surface area contributed by atoms with Gasteiger partial charge in [0.25, 0.3) is 0 Å². The summed E-state index contributed by atoms with van der Waals surface area (Å²) in [6.45, 7) is 6.94. The third kappa shape index (κ3) is 4.10. The summed E-state index contributed by atoms with van der Waals surface area (Å²) in [6.07, 6.45) is 2.38. The maximum Gasteiger partial charge on any atom is 0.172 e. The van der Waals surface area contributed by atoms with Crippen LogP contribution in [0.4, 0.5) is 11.4 Å². The summed E-state index contributed by atoms with van der Waals surface area (Å²) < 4.78 is 0. The highest BCUT2D eigenvalue weighted by Gasteiger charge is 2.04. The van der Waals surface area contributed by atoms with Gasteiger partial charge >= 0.3 is 0 Å². The summed E-state index contributed by atoms with van der Waals surface area (Å²) in [7, 11) is 3.59. The predicted octanol–water partition coefficient (Wildman–Crippen LogP) is 2.33. The number of carbonyl (C=O) groups is 1. The first kappa shape index (κ1) is 15.7. The summed E-state index contributed by atoms with van der Waals surface area (Å²) in [5.74, 6) is 0. The Morgan fingerprint density at radius 1 is 1.30 bits per heavy atom. The van der Waals surface area contributed by atoms with E-state index in [1.807, 2.05) is 6.07 Å². The van der Waals surface area contributed by atoms with E-state index in [1.165, 1.54) is 0 Å². The number of hydrogen-bond acceptors (Lipinski definition) is 4. The molecule has 1 N–H and O–H groups in total. The fourth-order valence-electron chi connectivity index (χ4n) is 1.40. The maximum absolute atomic E-state index is 11.1. The lowest BCUT2D eigenvalue weighted by atomic mass is 10.1. The highest BCUT2D eigenvalue weighted by Crippen LogP contribution is 2.28. The highest BCUT2D eigenvalue weighted by molar-refractivity contribution is 7.80. The third-order valence-electron chi connectivity index (χ3n) is 2.45. The van der Waals surface area contributed by atoms with Gasteiger partial charge in [-0.1, -0.05) is 6.07 Å². The normalized spacial score (nSPS) is 10.6. The van der Waals surface area contributed by atoms with Crippen LogP contribution >= 0.6 is 12.2 Å². The topological polar surface area (TPSA) is 57.1 Å². The smallest absolute Gasteiger partial charge is 0.172 e. The van der Waals surface area contributed by atoms with Crippen molar-refractivity contribution < 1.29 is 4.79 Å². The zero-order chi connectivity index (χ0) is 15.1. The van der Waals surface area contributed by atoms with E-state index in [9.17, 15) is 4.79 Å². The summed E-state index contributed by atoms with van der Waals surface area (Å²) in [5.41, 5.74) is 2.39. The summed E-state index contributed by atoms with van der Waals surface area (Å²) in [4.78, 5) is 20.5. The monoisotopic (exact) mass is 288 g/mol. The van der Waals surface area contributed by atoms with Crippen molar-refractivity contribution in [3.8, 4) is 0 Å². The van der Waals surface area contributed by atoms with Gasteiger partial charge in [0.15, 0.2) is 11.4 Å². The van der Waals surface area contributed by atoms with Crippen LogP contribution in [0.15, 0.2) is 33.9 Å². The van der Waals surface area contributed by atoms with Gasteiger partial charge in [-0.3, -0.25) is 14.8 Å². The van der Waals surface area contributed by atoms with Crippen LogP contribution in [0.3, 0.4) is 0 Å². The first-order valence-electron chi connectivity index (χ1n) is 5.74. The number of aliphatic imine (C=N–C) groups is 2. The summed E-state index contributed by atoms with van der Waals surface area (Å²) in [5, 5.41) is 3.30. The van der Waals surface area contributed by atoms with Gasteiger partial charge in [0.2, 0.25) is 0 Å². The van der Waals surface area contributed by atoms with E-state index < -0.39 is 0 Å². The molecule has 0 aliphatic rings. The van der Waals surface area contributed by atoms with Crippen LogP contribution in [0.5, 0.6) is 0 Å². The van der Waals surface area contributed by atoms with E-state index in [0.29, 0.717) is 28.5 Å². The van der Waals surface area contributed by atoms with Crippen molar-refractivity contribution in [2.24, 2.45) is 9.98 Å². The standard InChI is InChI=1S/C14H16N4OS/c1-15-12-6-5-10(8-13(12)16-2)7-11(9-19)17-14(20)18(3)4/h5-9H,1-2H2,3-4H3,(H,17,20)/b11-7-. The zero-order valence-corrected chi connectivity index (χ0v) is 12.3. The van der Waals surface area contributed by atoms with E-state index in [-0.39, 0.29) is 0 Å². The van der Waals surface area contributed by atoms with Crippen molar-refractivity contribution in [2.45, 2.75) is 0 Å². The van der Waals surface area contributed by atoms with Crippen LogP contribution in [-0.4, -0.2) is 43.8 Å². The van der Waals surface area contributed by atoms with E-state index in [1.54, 1.807) is 37.2 Å². The maximum atomic E-state index is 11.1. The lowest BCUT2D eigenvalue weighted by Gasteiger charge is -2.15. The van der Waals surface area contributed by atoms with Crippen LogP contribution in [0.1, 0.15) is 5.56 Å². The molecule has 0 fully saturated rings. The number of nitrogens with one attached hydrogen (secondary N) is 1. The lowest BCUT2D eigenvalue weighted by Crippen LogP contribution is -2.33. The van der Waals surface area contributed by atoms with E-state index in [4.69, 9.17) is 12.2 Å². The zero-order valence-electron chi connectivity index (χ0n) is 11.5. The summed E-state index contributed by atoms with van der Waals surface area (Å²) in [6, 6.07) is 5.33. The van der Waals surface area contributed by atoms with Crippen LogP contribution in [0.25, 0.3) is 6.08 Å². The molecule has 0 bridgehead atoms. The predicted molar refractivity (Wildman–Crippen MR) is 88.3 cm³/mol. The number of aldehydes is 1.